The van der Waals surface area contributed by atoms with Crippen LogP contribution in [0.3, 0.4) is 0 Å². The Balaban J connectivity index is 2.30. The molecule has 15 heavy (non-hydrogen) atoms. The molecule has 0 aliphatic carbocycles. The largest absolute Gasteiger partial charge is 0.494 e. The van der Waals surface area contributed by atoms with Crippen molar-refractivity contribution in [1.29, 1.82) is 0 Å². The highest BCUT2D eigenvalue weighted by Crippen LogP contribution is 2.29. The number of fused-ring (bicyclic) bond motifs is 1. The smallest absolute Gasteiger partial charge is 0.178 e. The van der Waals surface area contributed by atoms with E-state index in [1.807, 2.05) is 13.0 Å². The molecule has 82 valence electrons. The zero-order valence-corrected chi connectivity index (χ0v) is 9.51. The van der Waals surface area contributed by atoms with Crippen molar-refractivity contribution in [3.63, 3.8) is 0 Å². The van der Waals surface area contributed by atoms with Crippen molar-refractivity contribution in [2.24, 2.45) is 0 Å². The van der Waals surface area contributed by atoms with E-state index in [9.17, 15) is 8.42 Å². The Kier molecular flexibility index (Phi) is 2.69. The molecule has 1 heterocycles. The minimum Gasteiger partial charge on any atom is -0.494 e. The number of aryl methyl sites for hydroxylation is 1. The summed E-state index contributed by atoms with van der Waals surface area (Å²) in [7, 11) is -3.00. The SMILES string of the molecule is CCCOc1ccc2c(c1)CCS2(=O)=O. The van der Waals surface area contributed by atoms with Gasteiger partial charge in [0, 0.05) is 0 Å². The fraction of sp³-hybridized carbons (Fsp3) is 0.455. The second-order valence-electron chi connectivity index (χ2n) is 3.69. The monoisotopic (exact) mass is 226 g/mol. The average molecular weight is 226 g/mol. The van der Waals surface area contributed by atoms with E-state index in [4.69, 9.17) is 4.74 Å². The van der Waals surface area contributed by atoms with Crippen molar-refractivity contribution in [2.45, 2.75) is 24.7 Å². The summed E-state index contributed by atoms with van der Waals surface area (Å²) in [5.41, 5.74) is 0.892. The van der Waals surface area contributed by atoms with Crippen LogP contribution < -0.4 is 4.74 Å². The topological polar surface area (TPSA) is 43.4 Å². The van der Waals surface area contributed by atoms with Crippen LogP contribution in [0.4, 0.5) is 0 Å². The Morgan fingerprint density at radius 3 is 2.93 bits per heavy atom. The Hall–Kier alpha value is -1.03. The second-order valence-corrected chi connectivity index (χ2v) is 5.76. The van der Waals surface area contributed by atoms with E-state index >= 15 is 0 Å². The number of hydrogen-bond acceptors (Lipinski definition) is 3. The predicted molar refractivity (Wildman–Crippen MR) is 58.0 cm³/mol. The van der Waals surface area contributed by atoms with Crippen LogP contribution in [-0.4, -0.2) is 20.8 Å². The summed E-state index contributed by atoms with van der Waals surface area (Å²) in [5.74, 6) is 1.01. The van der Waals surface area contributed by atoms with Gasteiger partial charge < -0.3 is 4.74 Å². The van der Waals surface area contributed by atoms with E-state index in [1.54, 1.807) is 12.1 Å². The third kappa shape index (κ3) is 2.00. The van der Waals surface area contributed by atoms with Crippen molar-refractivity contribution >= 4 is 9.84 Å². The molecule has 0 radical (unpaired) electrons. The van der Waals surface area contributed by atoms with E-state index in [0.717, 1.165) is 17.7 Å². The van der Waals surface area contributed by atoms with Gasteiger partial charge in [-0.3, -0.25) is 0 Å². The number of sulfone groups is 1. The molecule has 0 amide bonds. The molecule has 0 spiro atoms. The van der Waals surface area contributed by atoms with Gasteiger partial charge in [-0.25, -0.2) is 8.42 Å². The molecule has 0 saturated carbocycles. The van der Waals surface area contributed by atoms with Gasteiger partial charge in [0.15, 0.2) is 9.84 Å². The zero-order chi connectivity index (χ0) is 10.9. The highest BCUT2D eigenvalue weighted by atomic mass is 32.2. The number of hydrogen-bond donors (Lipinski definition) is 0. The molecule has 0 N–H and O–H groups in total. The molecule has 1 aliphatic rings. The van der Waals surface area contributed by atoms with Crippen LogP contribution in [-0.2, 0) is 16.3 Å². The van der Waals surface area contributed by atoms with Crippen LogP contribution >= 0.6 is 0 Å². The van der Waals surface area contributed by atoms with Crippen molar-refractivity contribution in [3.05, 3.63) is 23.8 Å². The van der Waals surface area contributed by atoms with Gasteiger partial charge >= 0.3 is 0 Å². The van der Waals surface area contributed by atoms with Gasteiger partial charge in [0.1, 0.15) is 5.75 Å². The predicted octanol–water partition coefficient (Wildman–Crippen LogP) is 1.81. The molecular weight excluding hydrogens is 212 g/mol. The standard InChI is InChI=1S/C11H14O3S/c1-2-6-14-10-3-4-11-9(8-10)5-7-15(11,12)13/h3-4,8H,2,5-7H2,1H3. The molecule has 0 atom stereocenters. The summed E-state index contributed by atoms with van der Waals surface area (Å²) in [6.45, 7) is 2.71. The van der Waals surface area contributed by atoms with Crippen LogP contribution in [0.25, 0.3) is 0 Å². The molecular formula is C11H14O3S. The molecule has 0 fully saturated rings. The Morgan fingerprint density at radius 1 is 1.40 bits per heavy atom. The van der Waals surface area contributed by atoms with E-state index in [2.05, 4.69) is 0 Å². The van der Waals surface area contributed by atoms with Crippen LogP contribution in [0.5, 0.6) is 5.75 Å². The molecule has 0 bridgehead atoms. The first-order chi connectivity index (χ1) is 7.13. The van der Waals surface area contributed by atoms with Gasteiger partial charge in [0.05, 0.1) is 17.3 Å². The highest BCUT2D eigenvalue weighted by Gasteiger charge is 2.26. The summed E-state index contributed by atoms with van der Waals surface area (Å²) in [6.07, 6.45) is 1.57. The maximum atomic E-state index is 11.5. The van der Waals surface area contributed by atoms with E-state index < -0.39 is 9.84 Å². The summed E-state index contributed by atoms with van der Waals surface area (Å²) >= 11 is 0. The fourth-order valence-electron chi connectivity index (χ4n) is 1.72. The molecule has 0 aromatic heterocycles. The summed E-state index contributed by atoms with van der Waals surface area (Å²) in [4.78, 5) is 0.478. The van der Waals surface area contributed by atoms with Crippen molar-refractivity contribution < 1.29 is 13.2 Å². The van der Waals surface area contributed by atoms with E-state index in [0.29, 0.717) is 17.9 Å². The molecule has 0 unspecified atom stereocenters. The fourth-order valence-corrected chi connectivity index (χ4v) is 3.26. The van der Waals surface area contributed by atoms with Gasteiger partial charge in [0.25, 0.3) is 0 Å². The molecule has 1 aromatic rings. The number of ether oxygens (including phenoxy) is 1. The Morgan fingerprint density at radius 2 is 2.20 bits per heavy atom. The molecule has 1 aliphatic heterocycles. The van der Waals surface area contributed by atoms with Gasteiger partial charge in [-0.15, -0.1) is 0 Å². The first-order valence-corrected chi connectivity index (χ1v) is 6.77. The summed E-state index contributed by atoms with van der Waals surface area (Å²) in [6, 6.07) is 5.23. The van der Waals surface area contributed by atoms with Gasteiger partial charge in [-0.05, 0) is 36.6 Å². The quantitative estimate of drug-likeness (QED) is 0.789. The van der Waals surface area contributed by atoms with E-state index in [-0.39, 0.29) is 5.75 Å². The van der Waals surface area contributed by atoms with Crippen molar-refractivity contribution in [1.82, 2.24) is 0 Å². The Labute approximate surface area is 90.0 Å². The third-order valence-electron chi connectivity index (χ3n) is 2.48. The minimum atomic E-state index is -3.00. The lowest BCUT2D eigenvalue weighted by Crippen LogP contribution is -1.99. The van der Waals surface area contributed by atoms with Crippen LogP contribution in [0.15, 0.2) is 23.1 Å². The van der Waals surface area contributed by atoms with Crippen LogP contribution in [0.1, 0.15) is 18.9 Å². The van der Waals surface area contributed by atoms with Crippen molar-refractivity contribution in [2.75, 3.05) is 12.4 Å². The normalized spacial score (nSPS) is 17.4. The molecule has 3 nitrogen and oxygen atoms in total. The lowest BCUT2D eigenvalue weighted by atomic mass is 10.2. The van der Waals surface area contributed by atoms with E-state index in [1.165, 1.54) is 0 Å². The Bertz CT molecular complexity index is 463. The first kappa shape index (κ1) is 10.5. The first-order valence-electron chi connectivity index (χ1n) is 5.12. The maximum absolute atomic E-state index is 11.5. The molecule has 2 rings (SSSR count). The number of benzene rings is 1. The number of rotatable bonds is 3. The minimum absolute atomic E-state index is 0.236. The third-order valence-corrected chi connectivity index (χ3v) is 4.29. The van der Waals surface area contributed by atoms with Crippen LogP contribution in [0, 0.1) is 0 Å². The molecule has 1 aromatic carbocycles. The maximum Gasteiger partial charge on any atom is 0.178 e. The second kappa shape index (κ2) is 3.85. The van der Waals surface area contributed by atoms with Gasteiger partial charge in [0.2, 0.25) is 0 Å². The highest BCUT2D eigenvalue weighted by molar-refractivity contribution is 7.91. The lowest BCUT2D eigenvalue weighted by Gasteiger charge is -2.05. The lowest BCUT2D eigenvalue weighted by molar-refractivity contribution is 0.317. The average Bonchev–Trinajstić information content (AvgIpc) is 2.52. The summed E-state index contributed by atoms with van der Waals surface area (Å²) < 4.78 is 28.5. The van der Waals surface area contributed by atoms with Gasteiger partial charge in [-0.1, -0.05) is 6.92 Å². The summed E-state index contributed by atoms with van der Waals surface area (Å²) in [5, 5.41) is 0. The zero-order valence-electron chi connectivity index (χ0n) is 8.69. The van der Waals surface area contributed by atoms with Crippen LogP contribution in [0.2, 0.25) is 0 Å². The van der Waals surface area contributed by atoms with Crippen molar-refractivity contribution in [3.8, 4) is 5.75 Å². The molecule has 0 saturated heterocycles. The molecule has 4 heteroatoms. The van der Waals surface area contributed by atoms with Gasteiger partial charge in [-0.2, -0.15) is 0 Å².